The van der Waals surface area contributed by atoms with E-state index in [4.69, 9.17) is 14.2 Å². The highest BCUT2D eigenvalue weighted by atomic mass is 127. The van der Waals surface area contributed by atoms with Crippen molar-refractivity contribution in [2.75, 3.05) is 34.4 Å². The molecule has 0 unspecified atom stereocenters. The van der Waals surface area contributed by atoms with Crippen molar-refractivity contribution >= 4 is 29.9 Å². The Morgan fingerprint density at radius 3 is 2.27 bits per heavy atom. The molecule has 7 heteroatoms. The maximum absolute atomic E-state index is 5.65. The maximum Gasteiger partial charge on any atom is 0.191 e. The Hall–Kier alpha value is -2.00. The molecule has 0 radical (unpaired) electrons. The number of nitrogens with one attached hydrogen (secondary N) is 2. The normalized spacial score (nSPS) is 10.9. The predicted molar refractivity (Wildman–Crippen MR) is 133 cm³/mol. The number of benzene rings is 2. The minimum Gasteiger partial charge on any atom is -0.493 e. The fourth-order valence-corrected chi connectivity index (χ4v) is 2.97. The van der Waals surface area contributed by atoms with Gasteiger partial charge in [-0.2, -0.15) is 0 Å². The monoisotopic (exact) mass is 527 g/mol. The SMILES string of the molecule is CCOc1cc(CCCNC(=NC)NCc2ccc(COC)cc2)ccc1OC.I. The summed E-state index contributed by atoms with van der Waals surface area (Å²) in [6.45, 7) is 4.80. The fourth-order valence-electron chi connectivity index (χ4n) is 2.97. The van der Waals surface area contributed by atoms with Gasteiger partial charge in [-0.15, -0.1) is 24.0 Å². The van der Waals surface area contributed by atoms with Crippen LogP contribution in [0.5, 0.6) is 11.5 Å². The molecule has 0 spiro atoms. The number of nitrogens with zero attached hydrogens (tertiary/aromatic N) is 1. The summed E-state index contributed by atoms with van der Waals surface area (Å²) in [4.78, 5) is 4.29. The summed E-state index contributed by atoms with van der Waals surface area (Å²) in [5.41, 5.74) is 3.61. The zero-order chi connectivity index (χ0) is 20.9. The van der Waals surface area contributed by atoms with Gasteiger partial charge < -0.3 is 24.8 Å². The second-order valence-electron chi connectivity index (χ2n) is 6.62. The molecule has 0 saturated heterocycles. The van der Waals surface area contributed by atoms with Gasteiger partial charge >= 0.3 is 0 Å². The second-order valence-corrected chi connectivity index (χ2v) is 6.62. The molecule has 0 saturated carbocycles. The van der Waals surface area contributed by atoms with E-state index < -0.39 is 0 Å². The average Bonchev–Trinajstić information content (AvgIpc) is 2.75. The molecule has 2 aromatic carbocycles. The van der Waals surface area contributed by atoms with Gasteiger partial charge in [0.05, 0.1) is 20.3 Å². The Morgan fingerprint density at radius 2 is 1.63 bits per heavy atom. The highest BCUT2D eigenvalue weighted by molar-refractivity contribution is 14.0. The second kappa shape index (κ2) is 14.9. The van der Waals surface area contributed by atoms with Gasteiger partial charge in [-0.1, -0.05) is 30.3 Å². The van der Waals surface area contributed by atoms with Gasteiger partial charge in [-0.05, 0) is 48.6 Å². The van der Waals surface area contributed by atoms with Gasteiger partial charge in [0.25, 0.3) is 0 Å². The first-order chi connectivity index (χ1) is 14.2. The van der Waals surface area contributed by atoms with Crippen LogP contribution in [0.4, 0.5) is 0 Å². The predicted octanol–water partition coefficient (Wildman–Crippen LogP) is 4.16. The number of hydrogen-bond acceptors (Lipinski definition) is 4. The molecule has 0 fully saturated rings. The highest BCUT2D eigenvalue weighted by Gasteiger charge is 2.05. The quantitative estimate of drug-likeness (QED) is 0.199. The van der Waals surface area contributed by atoms with Gasteiger partial charge in [0.2, 0.25) is 0 Å². The smallest absolute Gasteiger partial charge is 0.191 e. The van der Waals surface area contributed by atoms with Crippen LogP contribution in [0, 0.1) is 0 Å². The summed E-state index contributed by atoms with van der Waals surface area (Å²) in [6.07, 6.45) is 1.94. The molecule has 0 aromatic heterocycles. The molecule has 6 nitrogen and oxygen atoms in total. The van der Waals surface area contributed by atoms with Gasteiger partial charge in [-0.3, -0.25) is 4.99 Å². The van der Waals surface area contributed by atoms with Crippen LogP contribution in [0.25, 0.3) is 0 Å². The summed E-state index contributed by atoms with van der Waals surface area (Å²) < 4.78 is 16.1. The van der Waals surface area contributed by atoms with E-state index in [1.165, 1.54) is 16.7 Å². The minimum atomic E-state index is 0. The summed E-state index contributed by atoms with van der Waals surface area (Å²) in [5, 5.41) is 6.71. The number of rotatable bonds is 11. The number of ether oxygens (including phenoxy) is 3. The molecular formula is C23H34IN3O3. The van der Waals surface area contributed by atoms with E-state index in [0.717, 1.165) is 43.4 Å². The Labute approximate surface area is 197 Å². The fraction of sp³-hybridized carbons (Fsp3) is 0.435. The molecule has 0 amide bonds. The Bertz CT molecular complexity index is 767. The van der Waals surface area contributed by atoms with Crippen molar-refractivity contribution in [3.05, 3.63) is 59.2 Å². The number of aryl methyl sites for hydroxylation is 1. The van der Waals surface area contributed by atoms with E-state index in [1.54, 1.807) is 21.3 Å². The van der Waals surface area contributed by atoms with Crippen molar-refractivity contribution in [1.29, 1.82) is 0 Å². The summed E-state index contributed by atoms with van der Waals surface area (Å²) in [7, 11) is 5.15. The van der Waals surface area contributed by atoms with E-state index in [0.29, 0.717) is 13.2 Å². The molecule has 0 aliphatic rings. The first kappa shape index (κ1) is 26.0. The van der Waals surface area contributed by atoms with Crippen LogP contribution in [-0.4, -0.2) is 40.4 Å². The van der Waals surface area contributed by atoms with Crippen LogP contribution >= 0.6 is 24.0 Å². The molecule has 0 atom stereocenters. The number of aliphatic imine (C=N–C) groups is 1. The van der Waals surface area contributed by atoms with Crippen LogP contribution < -0.4 is 20.1 Å². The third kappa shape index (κ3) is 8.79. The van der Waals surface area contributed by atoms with Crippen LogP contribution in [0.15, 0.2) is 47.5 Å². The molecule has 166 valence electrons. The number of methoxy groups -OCH3 is 2. The molecule has 2 aromatic rings. The lowest BCUT2D eigenvalue weighted by atomic mass is 10.1. The van der Waals surface area contributed by atoms with E-state index in [1.807, 2.05) is 13.0 Å². The van der Waals surface area contributed by atoms with Crippen molar-refractivity contribution < 1.29 is 14.2 Å². The van der Waals surface area contributed by atoms with E-state index in [-0.39, 0.29) is 24.0 Å². The van der Waals surface area contributed by atoms with E-state index in [2.05, 4.69) is 52.0 Å². The molecule has 0 bridgehead atoms. The van der Waals surface area contributed by atoms with Crippen LogP contribution in [0.3, 0.4) is 0 Å². The number of hydrogen-bond donors (Lipinski definition) is 2. The molecule has 2 rings (SSSR count). The molecule has 2 N–H and O–H groups in total. The van der Waals surface area contributed by atoms with E-state index in [9.17, 15) is 0 Å². The average molecular weight is 527 g/mol. The van der Waals surface area contributed by atoms with Gasteiger partial charge in [0.1, 0.15) is 0 Å². The van der Waals surface area contributed by atoms with Gasteiger partial charge in [0, 0.05) is 27.2 Å². The van der Waals surface area contributed by atoms with Crippen molar-refractivity contribution in [2.45, 2.75) is 32.9 Å². The van der Waals surface area contributed by atoms with Crippen molar-refractivity contribution in [3.63, 3.8) is 0 Å². The first-order valence-electron chi connectivity index (χ1n) is 10.0. The number of guanidine groups is 1. The highest BCUT2D eigenvalue weighted by Crippen LogP contribution is 2.28. The Balaban J connectivity index is 0.00000450. The van der Waals surface area contributed by atoms with Crippen LogP contribution in [0.1, 0.15) is 30.0 Å². The molecule has 30 heavy (non-hydrogen) atoms. The maximum atomic E-state index is 5.65. The number of halogens is 1. The topological polar surface area (TPSA) is 64.1 Å². The standard InChI is InChI=1S/C23H33N3O3.HI/c1-5-29-22-15-18(12-13-21(22)28-4)7-6-14-25-23(24-2)26-16-19-8-10-20(11-9-19)17-27-3;/h8-13,15H,5-7,14,16-17H2,1-4H3,(H2,24,25,26);1H. The molecular weight excluding hydrogens is 493 g/mol. The molecule has 0 heterocycles. The summed E-state index contributed by atoms with van der Waals surface area (Å²) in [6, 6.07) is 14.5. The third-order valence-electron chi connectivity index (χ3n) is 4.48. The van der Waals surface area contributed by atoms with Crippen LogP contribution in [-0.2, 0) is 24.3 Å². The lowest BCUT2D eigenvalue weighted by molar-refractivity contribution is 0.185. The summed E-state index contributed by atoms with van der Waals surface area (Å²) >= 11 is 0. The van der Waals surface area contributed by atoms with Crippen molar-refractivity contribution in [1.82, 2.24) is 10.6 Å². The van der Waals surface area contributed by atoms with Crippen molar-refractivity contribution in [2.24, 2.45) is 4.99 Å². The van der Waals surface area contributed by atoms with Gasteiger partial charge in [0.15, 0.2) is 17.5 Å². The molecule has 0 aliphatic carbocycles. The van der Waals surface area contributed by atoms with Crippen molar-refractivity contribution in [3.8, 4) is 11.5 Å². The Kier molecular flexibility index (Phi) is 12.9. The largest absolute Gasteiger partial charge is 0.493 e. The summed E-state index contributed by atoms with van der Waals surface area (Å²) in [5.74, 6) is 2.37. The lowest BCUT2D eigenvalue weighted by Gasteiger charge is -2.13. The van der Waals surface area contributed by atoms with Gasteiger partial charge in [-0.25, -0.2) is 0 Å². The molecule has 0 aliphatic heterocycles. The third-order valence-corrected chi connectivity index (χ3v) is 4.48. The van der Waals surface area contributed by atoms with E-state index >= 15 is 0 Å². The first-order valence-corrected chi connectivity index (χ1v) is 10.0. The zero-order valence-corrected chi connectivity index (χ0v) is 20.7. The lowest BCUT2D eigenvalue weighted by Crippen LogP contribution is -2.37. The van der Waals surface area contributed by atoms with Crippen LogP contribution in [0.2, 0.25) is 0 Å². The zero-order valence-electron chi connectivity index (χ0n) is 18.4. The minimum absolute atomic E-state index is 0. The Morgan fingerprint density at radius 1 is 0.933 bits per heavy atom.